The number of nitrogens with zero attached hydrogens (tertiary/aromatic N) is 1. The fourth-order valence-electron chi connectivity index (χ4n) is 2.44. The second-order valence-corrected chi connectivity index (χ2v) is 9.00. The van der Waals surface area contributed by atoms with Gasteiger partial charge in [0.1, 0.15) is 0 Å². The lowest BCUT2D eigenvalue weighted by molar-refractivity contribution is 0.491. The molecule has 1 saturated carbocycles. The van der Waals surface area contributed by atoms with E-state index in [0.717, 1.165) is 6.42 Å². The Morgan fingerprint density at radius 2 is 1.88 bits per heavy atom. The molecule has 1 aliphatic rings. The van der Waals surface area contributed by atoms with Crippen LogP contribution in [0.2, 0.25) is 0 Å². The summed E-state index contributed by atoms with van der Waals surface area (Å²) in [4.78, 5) is 4.49. The van der Waals surface area contributed by atoms with Crippen LogP contribution < -0.4 is 15.4 Å². The van der Waals surface area contributed by atoms with Gasteiger partial charge in [-0.2, -0.15) is 0 Å². The van der Waals surface area contributed by atoms with E-state index in [4.69, 9.17) is 0 Å². The predicted octanol–water partition coefficient (Wildman–Crippen LogP) is 2.45. The van der Waals surface area contributed by atoms with Crippen LogP contribution in [-0.2, 0) is 16.6 Å². The molecule has 2 atom stereocenters. The van der Waals surface area contributed by atoms with Crippen LogP contribution >= 0.6 is 24.0 Å². The van der Waals surface area contributed by atoms with Gasteiger partial charge in [0.15, 0.2) is 5.96 Å². The molecule has 0 spiro atoms. The van der Waals surface area contributed by atoms with Gasteiger partial charge in [0.2, 0.25) is 10.0 Å². The van der Waals surface area contributed by atoms with Crippen molar-refractivity contribution in [2.75, 3.05) is 7.05 Å². The van der Waals surface area contributed by atoms with Crippen LogP contribution in [0.15, 0.2) is 34.2 Å². The van der Waals surface area contributed by atoms with Gasteiger partial charge in [0.25, 0.3) is 0 Å². The molecule has 25 heavy (non-hydrogen) atoms. The second kappa shape index (κ2) is 8.68. The van der Waals surface area contributed by atoms with Crippen molar-refractivity contribution in [3.05, 3.63) is 29.8 Å². The summed E-state index contributed by atoms with van der Waals surface area (Å²) >= 11 is 0. The van der Waals surface area contributed by atoms with Gasteiger partial charge >= 0.3 is 0 Å². The average molecular weight is 480 g/mol. The highest BCUT2D eigenvalue weighted by Crippen LogP contribution is 2.28. The van der Waals surface area contributed by atoms with Crippen molar-refractivity contribution >= 4 is 40.0 Å². The van der Waals surface area contributed by atoms with E-state index in [9.17, 15) is 8.42 Å². The topological polar surface area (TPSA) is 82.6 Å². The van der Waals surface area contributed by atoms with Gasteiger partial charge in [0, 0.05) is 25.2 Å². The summed E-state index contributed by atoms with van der Waals surface area (Å²) < 4.78 is 28.0. The van der Waals surface area contributed by atoms with Crippen LogP contribution in [0.1, 0.15) is 39.7 Å². The molecule has 1 aliphatic carbocycles. The maximum Gasteiger partial charge on any atom is 0.241 e. The zero-order valence-corrected chi connectivity index (χ0v) is 18.6. The number of sulfonamides is 1. The van der Waals surface area contributed by atoms with Gasteiger partial charge in [-0.1, -0.05) is 25.1 Å². The highest BCUT2D eigenvalue weighted by atomic mass is 127. The van der Waals surface area contributed by atoms with Crippen molar-refractivity contribution in [1.82, 2.24) is 15.4 Å². The number of aliphatic imine (C=N–C) groups is 1. The van der Waals surface area contributed by atoms with Crippen molar-refractivity contribution in [2.45, 2.75) is 57.1 Å². The molecule has 142 valence electrons. The molecule has 1 aromatic rings. The molecule has 0 radical (unpaired) electrons. The van der Waals surface area contributed by atoms with Crippen molar-refractivity contribution in [3.8, 4) is 0 Å². The Bertz CT molecular complexity index is 714. The summed E-state index contributed by atoms with van der Waals surface area (Å²) in [5.41, 5.74) is 0.181. The molecular formula is C17H29IN4O2S. The number of benzene rings is 1. The van der Waals surface area contributed by atoms with E-state index in [1.165, 1.54) is 0 Å². The van der Waals surface area contributed by atoms with Gasteiger partial charge in [-0.3, -0.25) is 4.99 Å². The lowest BCUT2D eigenvalue weighted by atomic mass is 10.1. The number of guanidine groups is 1. The third-order valence-electron chi connectivity index (χ3n) is 3.80. The molecule has 6 nitrogen and oxygen atoms in total. The largest absolute Gasteiger partial charge is 0.353 e. The summed E-state index contributed by atoms with van der Waals surface area (Å²) in [6.07, 6.45) is 1.14. The van der Waals surface area contributed by atoms with Gasteiger partial charge in [-0.15, -0.1) is 24.0 Å². The smallest absolute Gasteiger partial charge is 0.241 e. The minimum atomic E-state index is -3.57. The molecule has 2 unspecified atom stereocenters. The van der Waals surface area contributed by atoms with Crippen LogP contribution in [0.4, 0.5) is 0 Å². The van der Waals surface area contributed by atoms with Crippen molar-refractivity contribution < 1.29 is 8.42 Å². The predicted molar refractivity (Wildman–Crippen MR) is 113 cm³/mol. The SMILES string of the molecule is CN=C(NCc1ccccc1S(=O)(=O)NC(C)(C)C)NC1CC1C.I. The Morgan fingerprint density at radius 1 is 1.28 bits per heavy atom. The number of rotatable bonds is 5. The third kappa shape index (κ3) is 6.74. The first kappa shape index (κ1) is 22.2. The molecule has 0 aromatic heterocycles. The zero-order chi connectivity index (χ0) is 18.0. The first-order valence-corrected chi connectivity index (χ1v) is 9.70. The Balaban J connectivity index is 0.00000312. The van der Waals surface area contributed by atoms with E-state index in [1.54, 1.807) is 19.2 Å². The van der Waals surface area contributed by atoms with Crippen molar-refractivity contribution in [3.63, 3.8) is 0 Å². The molecule has 8 heteroatoms. The monoisotopic (exact) mass is 480 g/mol. The lowest BCUT2D eigenvalue weighted by Gasteiger charge is -2.22. The molecule has 0 saturated heterocycles. The van der Waals surface area contributed by atoms with Crippen molar-refractivity contribution in [1.29, 1.82) is 0 Å². The average Bonchev–Trinajstić information content (AvgIpc) is 3.16. The number of hydrogen-bond donors (Lipinski definition) is 3. The zero-order valence-electron chi connectivity index (χ0n) is 15.5. The quantitative estimate of drug-likeness (QED) is 0.344. The molecule has 1 aromatic carbocycles. The first-order chi connectivity index (χ1) is 11.1. The summed E-state index contributed by atoms with van der Waals surface area (Å²) in [6.45, 7) is 8.06. The standard InChI is InChI=1S/C17H28N4O2S.HI/c1-12-10-14(12)20-16(18-5)19-11-13-8-6-7-9-15(13)24(22,23)21-17(2,3)4;/h6-9,12,14,21H,10-11H2,1-5H3,(H2,18,19,20);1H. The molecular weight excluding hydrogens is 451 g/mol. The van der Waals surface area contributed by atoms with Crippen molar-refractivity contribution in [2.24, 2.45) is 10.9 Å². The minimum Gasteiger partial charge on any atom is -0.353 e. The molecule has 0 bridgehead atoms. The van der Waals surface area contributed by atoms with E-state index in [2.05, 4.69) is 27.3 Å². The van der Waals surface area contributed by atoms with Crippen LogP contribution in [0, 0.1) is 5.92 Å². The second-order valence-electron chi connectivity index (χ2n) is 7.35. The van der Waals surface area contributed by atoms with E-state index in [-0.39, 0.29) is 24.0 Å². The van der Waals surface area contributed by atoms with E-state index in [1.807, 2.05) is 32.9 Å². The highest BCUT2D eigenvalue weighted by molar-refractivity contribution is 14.0. The van der Waals surface area contributed by atoms with E-state index in [0.29, 0.717) is 34.9 Å². The van der Waals surface area contributed by atoms with Gasteiger partial charge in [-0.25, -0.2) is 13.1 Å². The maximum atomic E-state index is 12.6. The van der Waals surface area contributed by atoms with Crippen LogP contribution in [0.25, 0.3) is 0 Å². The van der Waals surface area contributed by atoms with E-state index < -0.39 is 15.6 Å². The fraction of sp³-hybridized carbons (Fsp3) is 0.588. The lowest BCUT2D eigenvalue weighted by Crippen LogP contribution is -2.41. The normalized spacial score (nSPS) is 20.6. The maximum absolute atomic E-state index is 12.6. The Hall–Kier alpha value is -0.870. The van der Waals surface area contributed by atoms with Gasteiger partial charge in [0.05, 0.1) is 4.90 Å². The Kier molecular flexibility index (Phi) is 7.70. The number of nitrogens with one attached hydrogen (secondary N) is 3. The van der Waals surface area contributed by atoms with Gasteiger partial charge < -0.3 is 10.6 Å². The Morgan fingerprint density at radius 3 is 2.40 bits per heavy atom. The molecule has 0 aliphatic heterocycles. The minimum absolute atomic E-state index is 0. The molecule has 3 N–H and O–H groups in total. The van der Waals surface area contributed by atoms with Crippen LogP contribution in [0.3, 0.4) is 0 Å². The Labute approximate surface area is 168 Å². The van der Waals surface area contributed by atoms with Crippen LogP contribution in [0.5, 0.6) is 0 Å². The summed E-state index contributed by atoms with van der Waals surface area (Å²) in [6, 6.07) is 7.48. The van der Waals surface area contributed by atoms with Crippen LogP contribution in [-0.4, -0.2) is 33.0 Å². The molecule has 2 rings (SSSR count). The summed E-state index contributed by atoms with van der Waals surface area (Å²) in [5, 5.41) is 6.53. The fourth-order valence-corrected chi connectivity index (χ4v) is 4.10. The van der Waals surface area contributed by atoms with Gasteiger partial charge in [-0.05, 0) is 44.7 Å². The molecule has 0 amide bonds. The number of halogens is 1. The number of hydrogen-bond acceptors (Lipinski definition) is 3. The molecule has 0 heterocycles. The summed E-state index contributed by atoms with van der Waals surface area (Å²) in [5.74, 6) is 1.35. The highest BCUT2D eigenvalue weighted by Gasteiger charge is 2.33. The summed E-state index contributed by atoms with van der Waals surface area (Å²) in [7, 11) is -1.86. The third-order valence-corrected chi connectivity index (χ3v) is 5.66. The van der Waals surface area contributed by atoms with E-state index >= 15 is 0 Å². The molecule has 1 fully saturated rings. The first-order valence-electron chi connectivity index (χ1n) is 8.21.